The Bertz CT molecular complexity index is 1930. The third-order valence-electron chi connectivity index (χ3n) is 11.1. The van der Waals surface area contributed by atoms with Crippen LogP contribution in [0.5, 0.6) is 0 Å². The zero-order valence-electron chi connectivity index (χ0n) is 38.5. The number of fused-ring (bicyclic) bond motifs is 1. The van der Waals surface area contributed by atoms with Crippen LogP contribution >= 0.6 is 11.3 Å². The van der Waals surface area contributed by atoms with Crippen LogP contribution in [0.3, 0.4) is 0 Å². The van der Waals surface area contributed by atoms with Crippen molar-refractivity contribution in [1.29, 1.82) is 0 Å². The molecule has 0 fully saturated rings. The second-order valence-corrected chi connectivity index (χ2v) is 17.3. The molecular weight excluding hydrogens is 839 g/mol. The Labute approximate surface area is 382 Å². The lowest BCUT2D eigenvalue weighted by atomic mass is 9.79. The number of carbonyl (C=O) groups excluding carboxylic acids is 5. The molecule has 352 valence electrons. The van der Waals surface area contributed by atoms with E-state index in [1.807, 2.05) is 67.4 Å². The van der Waals surface area contributed by atoms with Crippen LogP contribution in [-0.2, 0) is 41.6 Å². The molecule has 1 heterocycles. The average molecular weight is 908 g/mol. The fraction of sp³-hybridized carbons (Fsp3) is 0.574. The molecule has 5 N–H and O–H groups in total. The summed E-state index contributed by atoms with van der Waals surface area (Å²) in [5.74, 6) is -0.846. The molecule has 1 unspecified atom stereocenters. The Morgan fingerprint density at radius 1 is 0.891 bits per heavy atom. The maximum Gasteiger partial charge on any atom is 0.426 e. The minimum atomic E-state index is -0.869. The van der Waals surface area contributed by atoms with Crippen molar-refractivity contribution in [1.82, 2.24) is 31.4 Å². The Balaban J connectivity index is 1.26. The lowest BCUT2D eigenvalue weighted by Gasteiger charge is -2.37. The average Bonchev–Trinajstić information content (AvgIpc) is 3.79. The number of hydrogen-bond acceptors (Lipinski definition) is 12. The number of nitrogens with one attached hydrogen (secondary N) is 5. The van der Waals surface area contributed by atoms with Crippen LogP contribution in [-0.4, -0.2) is 98.4 Å². The third kappa shape index (κ3) is 16.4. The molecule has 17 heteroatoms. The molecule has 0 aliphatic heterocycles. The lowest BCUT2D eigenvalue weighted by molar-refractivity contribution is -0.136. The first-order valence-electron chi connectivity index (χ1n) is 22.6. The van der Waals surface area contributed by atoms with Crippen molar-refractivity contribution in [2.24, 2.45) is 11.8 Å². The van der Waals surface area contributed by atoms with E-state index in [1.165, 1.54) is 11.3 Å². The smallest absolute Gasteiger partial charge is 0.426 e. The van der Waals surface area contributed by atoms with Gasteiger partial charge in [0.2, 0.25) is 11.8 Å². The van der Waals surface area contributed by atoms with Crippen LogP contribution in [0.1, 0.15) is 124 Å². The molecular formula is C47H69N7O9S. The summed E-state index contributed by atoms with van der Waals surface area (Å²) in [6.07, 6.45) is 2.63. The van der Waals surface area contributed by atoms with Crippen molar-refractivity contribution >= 4 is 46.9 Å². The molecule has 0 saturated carbocycles. The summed E-state index contributed by atoms with van der Waals surface area (Å²) in [5, 5.41) is 11.1. The summed E-state index contributed by atoms with van der Waals surface area (Å²) in [6.45, 7) is 14.3. The molecule has 2 aromatic carbocycles. The monoisotopic (exact) mass is 907 g/mol. The number of anilines is 1. The van der Waals surface area contributed by atoms with Gasteiger partial charge in [0.25, 0.3) is 5.91 Å². The van der Waals surface area contributed by atoms with Gasteiger partial charge in [0.15, 0.2) is 0 Å². The van der Waals surface area contributed by atoms with E-state index in [1.54, 1.807) is 5.38 Å². The minimum absolute atomic E-state index is 0.0626. The van der Waals surface area contributed by atoms with Crippen LogP contribution in [0.4, 0.5) is 15.3 Å². The molecule has 64 heavy (non-hydrogen) atoms. The standard InChI is InChI=1S/C47H69N7O9S/c1-8-20-54(42(55)25-32(6)10-3)40(31(4)5)28-41(61-21-9-2)45-51-39(30-64-45)44(57)50-36-26-34-13-11-12-14-37(34)38(27-36)43(56)52-53-47(59)62-24-23-60-22-19-49-46(58)63-29-33-15-17-35(48-7)18-16-33/h11-18,30-32,36,38,40-41,48H,8-10,19-29H2,1-7H3,(H,49,58)(H,50,57)(H,52,56)(H,53,59)/t32-,36-,38+,40?,41+/m0/s1. The van der Waals surface area contributed by atoms with Gasteiger partial charge >= 0.3 is 12.2 Å². The number of hydrazine groups is 1. The zero-order valence-corrected chi connectivity index (χ0v) is 39.4. The highest BCUT2D eigenvalue weighted by atomic mass is 32.1. The predicted octanol–water partition coefficient (Wildman–Crippen LogP) is 7.27. The third-order valence-corrected chi connectivity index (χ3v) is 12.1. The van der Waals surface area contributed by atoms with Crippen molar-refractivity contribution in [3.8, 4) is 0 Å². The number of alkyl carbamates (subject to hydrolysis) is 1. The molecule has 5 atom stereocenters. The Kier molecular flexibility index (Phi) is 21.8. The van der Waals surface area contributed by atoms with Gasteiger partial charge < -0.3 is 39.8 Å². The van der Waals surface area contributed by atoms with E-state index < -0.39 is 36.2 Å². The topological polar surface area (TPSA) is 199 Å². The van der Waals surface area contributed by atoms with Gasteiger partial charge in [-0.05, 0) is 66.3 Å². The Hall–Kier alpha value is -5.26. The largest absolute Gasteiger partial charge is 0.446 e. The molecule has 0 bridgehead atoms. The van der Waals surface area contributed by atoms with Gasteiger partial charge in [0.05, 0.1) is 19.1 Å². The SMILES string of the molecule is CCCO[C@H](CC(C(C)C)N(CCC)C(=O)C[C@@H](C)CC)c1nc(C(=O)N[C@H]2Cc3ccccc3[C@H](C(=O)NNC(=O)OCCOCCNC(=O)OCc3ccc(NC)cc3)C2)cs1. The molecule has 16 nitrogen and oxygen atoms in total. The van der Waals surface area contributed by atoms with Gasteiger partial charge in [-0.2, -0.15) is 0 Å². The van der Waals surface area contributed by atoms with Crippen molar-refractivity contribution in [2.75, 3.05) is 51.9 Å². The van der Waals surface area contributed by atoms with Gasteiger partial charge in [0, 0.05) is 62.7 Å². The maximum atomic E-state index is 13.7. The molecule has 1 aliphatic carbocycles. The van der Waals surface area contributed by atoms with Crippen LogP contribution in [0.25, 0.3) is 0 Å². The number of hydrogen-bond donors (Lipinski definition) is 5. The molecule has 3 aromatic rings. The summed E-state index contributed by atoms with van der Waals surface area (Å²) in [7, 11) is 1.83. The zero-order chi connectivity index (χ0) is 46.4. The van der Waals surface area contributed by atoms with E-state index >= 15 is 0 Å². The van der Waals surface area contributed by atoms with Gasteiger partial charge in [-0.15, -0.1) is 11.3 Å². The Morgan fingerprint density at radius 2 is 1.66 bits per heavy atom. The van der Waals surface area contributed by atoms with E-state index in [0.717, 1.165) is 41.6 Å². The summed E-state index contributed by atoms with van der Waals surface area (Å²) in [4.78, 5) is 72.0. The number of ether oxygens (including phenoxy) is 4. The number of nitrogens with zero attached hydrogens (tertiary/aromatic N) is 2. The van der Waals surface area contributed by atoms with Crippen molar-refractivity contribution in [3.63, 3.8) is 0 Å². The molecule has 0 spiro atoms. The Morgan fingerprint density at radius 3 is 2.36 bits per heavy atom. The summed E-state index contributed by atoms with van der Waals surface area (Å²) in [6, 6.07) is 14.6. The van der Waals surface area contributed by atoms with E-state index in [-0.39, 0.29) is 68.9 Å². The number of benzene rings is 2. The first-order valence-corrected chi connectivity index (χ1v) is 23.5. The normalized spacial score (nSPS) is 15.8. The molecule has 4 rings (SSSR count). The van der Waals surface area contributed by atoms with Crippen molar-refractivity contribution < 1.29 is 42.9 Å². The first-order chi connectivity index (χ1) is 30.9. The number of amides is 5. The van der Waals surface area contributed by atoms with Crippen molar-refractivity contribution in [3.05, 3.63) is 81.3 Å². The van der Waals surface area contributed by atoms with E-state index in [9.17, 15) is 24.0 Å². The second kappa shape index (κ2) is 27.2. The molecule has 0 saturated heterocycles. The molecule has 1 aliphatic rings. The lowest BCUT2D eigenvalue weighted by Crippen LogP contribution is -2.48. The maximum absolute atomic E-state index is 13.7. The van der Waals surface area contributed by atoms with Gasteiger partial charge in [-0.1, -0.05) is 84.4 Å². The van der Waals surface area contributed by atoms with Crippen molar-refractivity contribution in [2.45, 2.75) is 117 Å². The summed E-state index contributed by atoms with van der Waals surface area (Å²) in [5.41, 5.74) is 8.55. The molecule has 1 aromatic heterocycles. The molecule has 0 radical (unpaired) electrons. The number of carbonyl (C=O) groups is 5. The van der Waals surface area contributed by atoms with E-state index in [4.69, 9.17) is 23.9 Å². The van der Waals surface area contributed by atoms with E-state index in [0.29, 0.717) is 43.3 Å². The van der Waals surface area contributed by atoms with Gasteiger partial charge in [-0.25, -0.2) is 20.0 Å². The fourth-order valence-corrected chi connectivity index (χ4v) is 8.32. The number of thiazole rings is 1. The predicted molar refractivity (Wildman–Crippen MR) is 247 cm³/mol. The van der Waals surface area contributed by atoms with Crippen LogP contribution in [0, 0.1) is 11.8 Å². The quantitative estimate of drug-likeness (QED) is 0.0423. The van der Waals surface area contributed by atoms with Crippen LogP contribution in [0.15, 0.2) is 53.9 Å². The molecule has 5 amide bonds. The minimum Gasteiger partial charge on any atom is -0.446 e. The van der Waals surface area contributed by atoms with Gasteiger partial charge in [-0.3, -0.25) is 19.8 Å². The highest BCUT2D eigenvalue weighted by Gasteiger charge is 2.34. The summed E-state index contributed by atoms with van der Waals surface area (Å²) < 4.78 is 22.1. The number of aromatic nitrogens is 1. The van der Waals surface area contributed by atoms with Crippen LogP contribution in [0.2, 0.25) is 0 Å². The number of rotatable bonds is 25. The second-order valence-electron chi connectivity index (χ2n) is 16.5. The van der Waals surface area contributed by atoms with E-state index in [2.05, 4.69) is 61.4 Å². The van der Waals surface area contributed by atoms with Crippen LogP contribution < -0.4 is 26.8 Å². The first kappa shape index (κ1) is 51.4. The fourth-order valence-electron chi connectivity index (χ4n) is 7.46. The highest BCUT2D eigenvalue weighted by molar-refractivity contribution is 7.09. The van der Waals surface area contributed by atoms with Gasteiger partial charge in [0.1, 0.15) is 30.0 Å². The highest BCUT2D eigenvalue weighted by Crippen LogP contribution is 2.34. The summed E-state index contributed by atoms with van der Waals surface area (Å²) >= 11 is 1.37.